The minimum Gasteiger partial charge on any atom is -0.481 e. The van der Waals surface area contributed by atoms with E-state index in [-0.39, 0.29) is 36.5 Å². The van der Waals surface area contributed by atoms with Crippen LogP contribution in [0.2, 0.25) is 0 Å². The lowest BCUT2D eigenvalue weighted by Crippen LogP contribution is -2.47. The third kappa shape index (κ3) is 10.3. The number of amides is 2. The highest BCUT2D eigenvalue weighted by molar-refractivity contribution is 5.85. The number of para-hydroxylation sites is 1. The SMILES string of the molecule is CNC(Cc1c[nH]c2ccccc12)C(N)=O.O=C(O)CCC(=O)NC(c1ccccc1)(c1ccccc1)c1ccccc1.O=Cc1ccc(F)cc1. The largest absolute Gasteiger partial charge is 0.481 e. The quantitative estimate of drug-likeness (QED) is 0.0738. The van der Waals surface area contributed by atoms with Crippen molar-refractivity contribution in [3.05, 3.63) is 179 Å². The standard InChI is InChI=1S/C23H21NO3.C12H15N3O.C7H5FO/c25-21(16-17-22(26)27)24-23(18-10-4-1-5-11-18,19-12-6-2-7-13-19)20-14-8-3-9-15-20;1-14-11(12(13)16)6-8-7-15-10-5-3-2-4-9(8)10;8-7-3-1-6(5-9)2-4-7/h1-15H,16-17H2,(H,24,25)(H,26,27);2-5,7,11,14-15H,6H2,1H3,(H2,13,16);1-5H. The van der Waals surface area contributed by atoms with Gasteiger partial charge in [0, 0.05) is 29.1 Å². The zero-order chi connectivity index (χ0) is 37.3. The topological polar surface area (TPSA) is 154 Å². The van der Waals surface area contributed by atoms with Gasteiger partial charge in [0.1, 0.15) is 17.6 Å². The molecule has 0 fully saturated rings. The number of fused-ring (bicyclic) bond motifs is 1. The van der Waals surface area contributed by atoms with Crippen LogP contribution in [-0.2, 0) is 26.3 Å². The molecule has 1 unspecified atom stereocenters. The molecule has 1 heterocycles. The molecule has 266 valence electrons. The summed E-state index contributed by atoms with van der Waals surface area (Å²) in [4.78, 5) is 47.9. The van der Waals surface area contributed by atoms with Crippen molar-refractivity contribution in [2.24, 2.45) is 5.73 Å². The van der Waals surface area contributed by atoms with Crippen LogP contribution >= 0.6 is 0 Å². The number of carbonyl (C=O) groups is 4. The number of primary amides is 1. The lowest BCUT2D eigenvalue weighted by atomic mass is 9.77. The van der Waals surface area contributed by atoms with Crippen LogP contribution in [0.1, 0.15) is 45.5 Å². The van der Waals surface area contributed by atoms with Gasteiger partial charge in [0.2, 0.25) is 11.8 Å². The lowest BCUT2D eigenvalue weighted by Gasteiger charge is -2.37. The number of aliphatic carboxylic acids is 1. The van der Waals surface area contributed by atoms with Crippen LogP contribution in [0, 0.1) is 5.82 Å². The molecule has 0 saturated heterocycles. The average Bonchev–Trinajstić information content (AvgIpc) is 3.59. The summed E-state index contributed by atoms with van der Waals surface area (Å²) >= 11 is 0. The van der Waals surface area contributed by atoms with Gasteiger partial charge in [0.15, 0.2) is 0 Å². The molecule has 0 bridgehead atoms. The summed E-state index contributed by atoms with van der Waals surface area (Å²) in [7, 11) is 1.74. The molecule has 6 aromatic rings. The smallest absolute Gasteiger partial charge is 0.303 e. The van der Waals surface area contributed by atoms with Crippen LogP contribution < -0.4 is 16.4 Å². The van der Waals surface area contributed by atoms with Crippen LogP contribution in [0.25, 0.3) is 10.9 Å². The Hall–Kier alpha value is -6.39. The summed E-state index contributed by atoms with van der Waals surface area (Å²) in [6, 6.07) is 42.2. The van der Waals surface area contributed by atoms with E-state index in [2.05, 4.69) is 15.6 Å². The first-order chi connectivity index (χ1) is 25.2. The number of carboxylic acids is 1. The maximum atomic E-state index is 12.7. The first-order valence-electron chi connectivity index (χ1n) is 16.6. The number of hydrogen-bond donors (Lipinski definition) is 5. The minimum atomic E-state index is -0.991. The first-order valence-corrected chi connectivity index (χ1v) is 16.6. The fourth-order valence-electron chi connectivity index (χ4n) is 5.68. The van der Waals surface area contributed by atoms with Crippen molar-refractivity contribution in [1.82, 2.24) is 15.6 Å². The highest BCUT2D eigenvalue weighted by Gasteiger charge is 2.37. The van der Waals surface area contributed by atoms with Gasteiger partial charge in [-0.05, 0) is 66.1 Å². The molecule has 10 heteroatoms. The van der Waals surface area contributed by atoms with Crippen molar-refractivity contribution in [3.63, 3.8) is 0 Å². The Morgan fingerprint density at radius 2 is 1.27 bits per heavy atom. The summed E-state index contributed by atoms with van der Waals surface area (Å²) in [5.41, 5.74) is 9.80. The molecule has 0 radical (unpaired) electrons. The molecule has 9 nitrogen and oxygen atoms in total. The summed E-state index contributed by atoms with van der Waals surface area (Å²) in [6.07, 6.45) is 2.93. The Kier molecular flexibility index (Phi) is 14.1. The van der Waals surface area contributed by atoms with Crippen LogP contribution in [0.5, 0.6) is 0 Å². The van der Waals surface area contributed by atoms with Crippen LogP contribution in [0.3, 0.4) is 0 Å². The molecule has 1 aromatic heterocycles. The van der Waals surface area contributed by atoms with E-state index < -0.39 is 11.5 Å². The number of hydrogen-bond acceptors (Lipinski definition) is 5. The van der Waals surface area contributed by atoms with Gasteiger partial charge in [-0.2, -0.15) is 0 Å². The molecule has 0 aliphatic carbocycles. The number of carbonyl (C=O) groups excluding carboxylic acids is 3. The van der Waals surface area contributed by atoms with E-state index in [0.29, 0.717) is 18.3 Å². The Bertz CT molecular complexity index is 1940. The number of halogens is 1. The predicted octanol–water partition coefficient (Wildman–Crippen LogP) is 6.38. The molecule has 0 aliphatic heterocycles. The molecule has 2 amide bonds. The van der Waals surface area contributed by atoms with Crippen molar-refractivity contribution in [2.75, 3.05) is 7.05 Å². The van der Waals surface area contributed by atoms with E-state index in [1.165, 1.54) is 24.3 Å². The fourth-order valence-corrected chi connectivity index (χ4v) is 5.68. The molecule has 1 atom stereocenters. The van der Waals surface area contributed by atoms with Gasteiger partial charge in [0.05, 0.1) is 12.5 Å². The number of rotatable bonds is 12. The fraction of sp³-hybridized carbons (Fsp3) is 0.143. The minimum absolute atomic E-state index is 0.0798. The van der Waals surface area contributed by atoms with E-state index in [4.69, 9.17) is 10.8 Å². The summed E-state index contributed by atoms with van der Waals surface area (Å²) < 4.78 is 12.1. The molecular formula is C42H41FN4O5. The number of benzene rings is 5. The number of H-pyrrole nitrogens is 1. The summed E-state index contributed by atoms with van der Waals surface area (Å²) in [5, 5.41) is 16.1. The molecule has 6 rings (SSSR count). The number of nitrogens with one attached hydrogen (secondary N) is 3. The summed E-state index contributed by atoms with van der Waals surface area (Å²) in [6.45, 7) is 0. The number of carboxylic acid groups (broad SMARTS) is 1. The van der Waals surface area contributed by atoms with Gasteiger partial charge in [0.25, 0.3) is 0 Å². The van der Waals surface area contributed by atoms with Crippen molar-refractivity contribution in [2.45, 2.75) is 30.8 Å². The van der Waals surface area contributed by atoms with Crippen molar-refractivity contribution in [3.8, 4) is 0 Å². The monoisotopic (exact) mass is 700 g/mol. The second-order valence-electron chi connectivity index (χ2n) is 11.8. The second kappa shape index (κ2) is 19.1. The van der Waals surface area contributed by atoms with Crippen molar-refractivity contribution >= 4 is 35.0 Å². The van der Waals surface area contributed by atoms with Gasteiger partial charge in [-0.25, -0.2) is 4.39 Å². The zero-order valence-electron chi connectivity index (χ0n) is 28.7. The van der Waals surface area contributed by atoms with Gasteiger partial charge in [-0.15, -0.1) is 0 Å². The third-order valence-corrected chi connectivity index (χ3v) is 8.31. The third-order valence-electron chi connectivity index (χ3n) is 8.31. The molecule has 52 heavy (non-hydrogen) atoms. The number of aldehydes is 1. The highest BCUT2D eigenvalue weighted by Crippen LogP contribution is 2.36. The second-order valence-corrected chi connectivity index (χ2v) is 11.8. The summed E-state index contributed by atoms with van der Waals surface area (Å²) in [5.74, 6) is -1.95. The van der Waals surface area contributed by atoms with Crippen molar-refractivity contribution < 1.29 is 28.7 Å². The number of likely N-dealkylation sites (N-methyl/N-ethyl adjacent to an activating group) is 1. The Morgan fingerprint density at radius 3 is 1.73 bits per heavy atom. The Balaban J connectivity index is 0.000000203. The molecule has 0 spiro atoms. The number of aromatic amines is 1. The maximum Gasteiger partial charge on any atom is 0.303 e. The van der Waals surface area contributed by atoms with Gasteiger partial charge in [-0.3, -0.25) is 19.2 Å². The normalized spacial score (nSPS) is 11.2. The zero-order valence-corrected chi connectivity index (χ0v) is 28.7. The van der Waals surface area contributed by atoms with Gasteiger partial charge >= 0.3 is 5.97 Å². The van der Waals surface area contributed by atoms with E-state index >= 15 is 0 Å². The predicted molar refractivity (Wildman–Crippen MR) is 200 cm³/mol. The molecule has 5 aromatic carbocycles. The Morgan fingerprint density at radius 1 is 0.769 bits per heavy atom. The molecule has 6 N–H and O–H groups in total. The maximum absolute atomic E-state index is 12.7. The molecule has 0 saturated carbocycles. The van der Waals surface area contributed by atoms with E-state index in [0.717, 1.165) is 33.2 Å². The van der Waals surface area contributed by atoms with Crippen LogP contribution in [0.4, 0.5) is 4.39 Å². The molecular weight excluding hydrogens is 659 g/mol. The van der Waals surface area contributed by atoms with E-state index in [1.807, 2.05) is 121 Å². The number of aromatic nitrogens is 1. The molecule has 0 aliphatic rings. The average molecular weight is 701 g/mol. The van der Waals surface area contributed by atoms with Gasteiger partial charge < -0.3 is 26.5 Å². The van der Waals surface area contributed by atoms with Crippen molar-refractivity contribution in [1.29, 1.82) is 0 Å². The van der Waals surface area contributed by atoms with E-state index in [1.54, 1.807) is 7.05 Å². The van der Waals surface area contributed by atoms with Crippen LogP contribution in [0.15, 0.2) is 146 Å². The van der Waals surface area contributed by atoms with Crippen LogP contribution in [-0.4, -0.2) is 47.2 Å². The number of nitrogens with two attached hydrogens (primary N) is 1. The highest BCUT2D eigenvalue weighted by atomic mass is 19.1. The first kappa shape index (κ1) is 38.4. The Labute approximate surface area is 301 Å². The van der Waals surface area contributed by atoms with E-state index in [9.17, 15) is 23.6 Å². The van der Waals surface area contributed by atoms with Gasteiger partial charge in [-0.1, -0.05) is 109 Å². The lowest BCUT2D eigenvalue weighted by molar-refractivity contribution is -0.139.